The van der Waals surface area contributed by atoms with Crippen molar-refractivity contribution < 1.29 is 19.1 Å². The van der Waals surface area contributed by atoms with Crippen LogP contribution in [0, 0.1) is 52.3 Å². The average molecular weight is 483 g/mol. The number of nitriles is 1. The standard InChI is InChI=1S/C27H38N4O4/c1-27(2,3)23(35-14-15-4-5-15)26(34)31-13-20-16-6-7-17(10-16)21(20)22(31)25(33)30-19(12-28)11-18-8-9-29-24(18)32/h6-7,15-23H,4-5,8-11,13-14H2,1-3H3,(H,29,32)(H,30,33)/t16-,17+,18+,19+,20-,21+,22+,23-/m1/s1. The monoisotopic (exact) mass is 482 g/mol. The summed E-state index contributed by atoms with van der Waals surface area (Å²) in [5.74, 6) is 0.822. The number of allylic oxidation sites excluding steroid dienone is 2. The lowest BCUT2D eigenvalue weighted by molar-refractivity contribution is -0.156. The molecule has 35 heavy (non-hydrogen) atoms. The SMILES string of the molecule is CC(C)(C)[C@H](OCC1CC1)C(=O)N1C[C@H]2[C@@H]([C@H]1C(=O)N[C@H](C#N)C[C@@H]1CCNC1=O)[C@H]1C=C[C@@H]2C1. The smallest absolute Gasteiger partial charge is 0.252 e. The first kappa shape index (κ1) is 24.3. The molecule has 8 atom stereocenters. The van der Waals surface area contributed by atoms with Gasteiger partial charge < -0.3 is 20.3 Å². The molecule has 2 aliphatic heterocycles. The van der Waals surface area contributed by atoms with E-state index in [9.17, 15) is 19.6 Å². The summed E-state index contributed by atoms with van der Waals surface area (Å²) in [5, 5.41) is 15.5. The Morgan fingerprint density at radius 3 is 2.63 bits per heavy atom. The Morgan fingerprint density at radius 2 is 2.00 bits per heavy atom. The van der Waals surface area contributed by atoms with Crippen molar-refractivity contribution in [2.24, 2.45) is 40.9 Å². The first-order chi connectivity index (χ1) is 16.7. The van der Waals surface area contributed by atoms with Gasteiger partial charge in [-0.3, -0.25) is 14.4 Å². The van der Waals surface area contributed by atoms with Gasteiger partial charge in [-0.2, -0.15) is 5.26 Å². The first-order valence-electron chi connectivity index (χ1n) is 13.3. The molecule has 4 fully saturated rings. The number of carbonyl (C=O) groups excluding carboxylic acids is 3. The zero-order valence-corrected chi connectivity index (χ0v) is 21.0. The number of amides is 3. The van der Waals surface area contributed by atoms with Crippen LogP contribution in [0.15, 0.2) is 12.2 Å². The number of rotatable bonds is 8. The maximum Gasteiger partial charge on any atom is 0.252 e. The molecule has 0 aromatic carbocycles. The molecule has 190 valence electrons. The van der Waals surface area contributed by atoms with Gasteiger partial charge in [0.2, 0.25) is 11.8 Å². The summed E-state index contributed by atoms with van der Waals surface area (Å²) in [7, 11) is 0. The highest BCUT2D eigenvalue weighted by Gasteiger charge is 2.59. The summed E-state index contributed by atoms with van der Waals surface area (Å²) in [5.41, 5.74) is -0.396. The van der Waals surface area contributed by atoms with E-state index >= 15 is 0 Å². The molecule has 0 spiro atoms. The Balaban J connectivity index is 1.35. The third kappa shape index (κ3) is 4.72. The highest BCUT2D eigenvalue weighted by molar-refractivity contribution is 5.91. The number of fused-ring (bicyclic) bond motifs is 5. The molecule has 2 N–H and O–H groups in total. The molecule has 2 heterocycles. The van der Waals surface area contributed by atoms with Crippen molar-refractivity contribution in [2.75, 3.05) is 19.7 Å². The minimum absolute atomic E-state index is 0.0590. The maximum atomic E-state index is 14.0. The van der Waals surface area contributed by atoms with Gasteiger partial charge in [0.1, 0.15) is 18.2 Å². The van der Waals surface area contributed by atoms with E-state index in [1.54, 1.807) is 4.90 Å². The van der Waals surface area contributed by atoms with Crippen molar-refractivity contribution in [3.05, 3.63) is 12.2 Å². The quantitative estimate of drug-likeness (QED) is 0.514. The molecular weight excluding hydrogens is 444 g/mol. The molecule has 8 nitrogen and oxygen atoms in total. The molecule has 0 aromatic heterocycles. The number of nitrogens with zero attached hydrogens (tertiary/aromatic N) is 2. The Labute approximate surface area is 207 Å². The largest absolute Gasteiger partial charge is 0.368 e. The van der Waals surface area contributed by atoms with E-state index in [0.29, 0.717) is 44.4 Å². The molecule has 2 bridgehead atoms. The van der Waals surface area contributed by atoms with Gasteiger partial charge in [0.25, 0.3) is 5.91 Å². The molecule has 2 saturated carbocycles. The zero-order chi connectivity index (χ0) is 24.9. The van der Waals surface area contributed by atoms with E-state index in [4.69, 9.17) is 4.74 Å². The number of carbonyl (C=O) groups is 3. The zero-order valence-electron chi connectivity index (χ0n) is 21.0. The number of ether oxygens (including phenoxy) is 1. The van der Waals surface area contributed by atoms with Gasteiger partial charge in [0, 0.05) is 19.0 Å². The lowest BCUT2D eigenvalue weighted by Crippen LogP contribution is -2.56. The molecule has 2 saturated heterocycles. The fraction of sp³-hybridized carbons (Fsp3) is 0.778. The minimum Gasteiger partial charge on any atom is -0.368 e. The van der Waals surface area contributed by atoms with E-state index in [-0.39, 0.29) is 41.4 Å². The van der Waals surface area contributed by atoms with Gasteiger partial charge >= 0.3 is 0 Å². The molecular formula is C27H38N4O4. The topological polar surface area (TPSA) is 112 Å². The lowest BCUT2D eigenvalue weighted by atomic mass is 9.81. The van der Waals surface area contributed by atoms with Crippen LogP contribution in [0.5, 0.6) is 0 Å². The molecule has 0 unspecified atom stereocenters. The van der Waals surface area contributed by atoms with Crippen LogP contribution in [0.25, 0.3) is 0 Å². The van der Waals surface area contributed by atoms with Crippen molar-refractivity contribution in [3.8, 4) is 6.07 Å². The summed E-state index contributed by atoms with van der Waals surface area (Å²) in [6.45, 7) is 7.77. The fourth-order valence-electron chi connectivity index (χ4n) is 6.69. The van der Waals surface area contributed by atoms with Crippen LogP contribution in [0.2, 0.25) is 0 Å². The Hall–Kier alpha value is -2.40. The second kappa shape index (κ2) is 9.24. The van der Waals surface area contributed by atoms with E-state index in [1.165, 1.54) is 0 Å². The summed E-state index contributed by atoms with van der Waals surface area (Å²) in [4.78, 5) is 41.5. The molecule has 5 aliphatic rings. The third-order valence-electron chi connectivity index (χ3n) is 8.71. The Kier molecular flexibility index (Phi) is 6.41. The average Bonchev–Trinajstić information content (AvgIpc) is 3.15. The maximum absolute atomic E-state index is 14.0. The van der Waals surface area contributed by atoms with Crippen LogP contribution >= 0.6 is 0 Å². The van der Waals surface area contributed by atoms with Crippen molar-refractivity contribution in [3.63, 3.8) is 0 Å². The van der Waals surface area contributed by atoms with Crippen molar-refractivity contribution in [1.29, 1.82) is 5.26 Å². The van der Waals surface area contributed by atoms with Gasteiger partial charge in [-0.15, -0.1) is 0 Å². The van der Waals surface area contributed by atoms with E-state index in [2.05, 4.69) is 28.9 Å². The van der Waals surface area contributed by atoms with Crippen molar-refractivity contribution in [2.45, 2.75) is 71.1 Å². The van der Waals surface area contributed by atoms with Crippen LogP contribution in [-0.2, 0) is 19.1 Å². The van der Waals surface area contributed by atoms with Gasteiger partial charge in [-0.25, -0.2) is 0 Å². The number of nitrogens with one attached hydrogen (secondary N) is 2. The highest BCUT2D eigenvalue weighted by Crippen LogP contribution is 2.54. The van der Waals surface area contributed by atoms with Crippen LogP contribution in [0.3, 0.4) is 0 Å². The number of hydrogen-bond acceptors (Lipinski definition) is 5. The van der Waals surface area contributed by atoms with Crippen LogP contribution in [0.4, 0.5) is 0 Å². The highest BCUT2D eigenvalue weighted by atomic mass is 16.5. The fourth-order valence-corrected chi connectivity index (χ4v) is 6.69. The van der Waals surface area contributed by atoms with Crippen LogP contribution in [-0.4, -0.2) is 60.5 Å². The van der Waals surface area contributed by atoms with Gasteiger partial charge in [0.05, 0.1) is 12.7 Å². The molecule has 0 aromatic rings. The molecule has 3 amide bonds. The van der Waals surface area contributed by atoms with Gasteiger partial charge in [-0.05, 0) is 67.1 Å². The summed E-state index contributed by atoms with van der Waals surface area (Å²) >= 11 is 0. The summed E-state index contributed by atoms with van der Waals surface area (Å²) in [6.07, 6.45) is 8.13. The van der Waals surface area contributed by atoms with Crippen molar-refractivity contribution in [1.82, 2.24) is 15.5 Å². The van der Waals surface area contributed by atoms with Crippen LogP contribution in [0.1, 0.15) is 52.9 Å². The number of hydrogen-bond donors (Lipinski definition) is 2. The van der Waals surface area contributed by atoms with Crippen LogP contribution < -0.4 is 10.6 Å². The van der Waals surface area contributed by atoms with E-state index in [1.807, 2.05) is 20.8 Å². The summed E-state index contributed by atoms with van der Waals surface area (Å²) in [6, 6.07) is 0.800. The van der Waals surface area contributed by atoms with Crippen molar-refractivity contribution >= 4 is 17.7 Å². The molecule has 3 aliphatic carbocycles. The Morgan fingerprint density at radius 1 is 1.26 bits per heavy atom. The Bertz CT molecular complexity index is 946. The van der Waals surface area contributed by atoms with Gasteiger partial charge in [0.15, 0.2) is 0 Å². The second-order valence-electron chi connectivity index (χ2n) is 12.4. The van der Waals surface area contributed by atoms with E-state index in [0.717, 1.165) is 19.3 Å². The molecule has 5 rings (SSSR count). The predicted octanol–water partition coefficient (Wildman–Crippen LogP) is 2.01. The molecule has 8 heteroatoms. The molecule has 0 radical (unpaired) electrons. The third-order valence-corrected chi connectivity index (χ3v) is 8.71. The lowest BCUT2D eigenvalue weighted by Gasteiger charge is -2.36. The normalized spacial score (nSPS) is 34.9. The second-order valence-corrected chi connectivity index (χ2v) is 12.4. The number of likely N-dealkylation sites (tertiary alicyclic amines) is 1. The predicted molar refractivity (Wildman–Crippen MR) is 128 cm³/mol. The first-order valence-corrected chi connectivity index (χ1v) is 13.3. The summed E-state index contributed by atoms with van der Waals surface area (Å²) < 4.78 is 6.19. The minimum atomic E-state index is -0.758. The van der Waals surface area contributed by atoms with E-state index < -0.39 is 23.6 Å². The van der Waals surface area contributed by atoms with Gasteiger partial charge in [-0.1, -0.05) is 32.9 Å².